The van der Waals surface area contributed by atoms with Gasteiger partial charge >= 0.3 is 0 Å². The Morgan fingerprint density at radius 2 is 1.89 bits per heavy atom. The van der Waals surface area contributed by atoms with E-state index >= 15 is 0 Å². The smallest absolute Gasteiger partial charge is 0.268 e. The van der Waals surface area contributed by atoms with Gasteiger partial charge in [-0.2, -0.15) is 0 Å². The maximum atomic E-state index is 13.3. The van der Waals surface area contributed by atoms with Crippen LogP contribution in [0.3, 0.4) is 0 Å². The Bertz CT molecular complexity index is 1410. The second kappa shape index (κ2) is 9.91. The lowest BCUT2D eigenvalue weighted by molar-refractivity contribution is -0.128. The molecule has 0 radical (unpaired) electrons. The molecule has 2 aromatic carbocycles. The number of thiazole rings is 1. The highest BCUT2D eigenvalue weighted by Crippen LogP contribution is 2.39. The number of ether oxygens (including phenoxy) is 1. The van der Waals surface area contributed by atoms with Crippen molar-refractivity contribution in [2.45, 2.75) is 33.3 Å². The lowest BCUT2D eigenvalue weighted by atomic mass is 10.1. The molecule has 0 saturated heterocycles. The Kier molecular flexibility index (Phi) is 6.52. The van der Waals surface area contributed by atoms with Crippen molar-refractivity contribution in [1.29, 1.82) is 0 Å². The van der Waals surface area contributed by atoms with E-state index in [4.69, 9.17) is 9.72 Å². The van der Waals surface area contributed by atoms with Crippen LogP contribution in [0, 0.1) is 13.8 Å². The van der Waals surface area contributed by atoms with E-state index in [1.807, 2.05) is 80.7 Å². The predicted octanol–water partition coefficient (Wildman–Crippen LogP) is 5.63. The molecule has 2 aromatic heterocycles. The highest BCUT2D eigenvalue weighted by molar-refractivity contribution is 7.13. The van der Waals surface area contributed by atoms with Gasteiger partial charge < -0.3 is 10.1 Å². The molecule has 1 atom stereocenters. The van der Waals surface area contributed by atoms with E-state index < -0.39 is 6.10 Å². The Morgan fingerprint density at radius 3 is 2.61 bits per heavy atom. The zero-order chi connectivity index (χ0) is 25.2. The number of rotatable bonds is 6. The number of anilines is 2. The largest absolute Gasteiger partial charge is 0.478 e. The number of hydrogen-bond donors (Lipinski definition) is 1. The Labute approximate surface area is 213 Å². The summed E-state index contributed by atoms with van der Waals surface area (Å²) in [4.78, 5) is 36.9. The number of nitrogens with zero attached hydrogens (tertiary/aromatic N) is 3. The fourth-order valence-electron chi connectivity index (χ4n) is 4.31. The van der Waals surface area contributed by atoms with Crippen LogP contribution in [0.4, 0.5) is 11.4 Å². The molecule has 0 fully saturated rings. The van der Waals surface area contributed by atoms with Crippen LogP contribution in [-0.2, 0) is 9.59 Å². The monoisotopic (exact) mass is 498 g/mol. The number of aryl methyl sites for hydroxylation is 2. The van der Waals surface area contributed by atoms with Crippen molar-refractivity contribution in [2.75, 3.05) is 16.8 Å². The molecule has 36 heavy (non-hydrogen) atoms. The van der Waals surface area contributed by atoms with Crippen molar-refractivity contribution in [3.8, 4) is 27.7 Å². The van der Waals surface area contributed by atoms with Gasteiger partial charge in [-0.05, 0) is 73.9 Å². The summed E-state index contributed by atoms with van der Waals surface area (Å²) in [6, 6.07) is 17.2. The minimum absolute atomic E-state index is 0.113. The average Bonchev–Trinajstić information content (AvgIpc) is 3.35. The zero-order valence-electron chi connectivity index (χ0n) is 20.3. The molecule has 1 aliphatic rings. The van der Waals surface area contributed by atoms with Gasteiger partial charge in [-0.1, -0.05) is 19.1 Å². The van der Waals surface area contributed by atoms with Gasteiger partial charge in [-0.3, -0.25) is 19.5 Å². The summed E-state index contributed by atoms with van der Waals surface area (Å²) >= 11 is 1.50. The summed E-state index contributed by atoms with van der Waals surface area (Å²) < 4.78 is 5.97. The van der Waals surface area contributed by atoms with Gasteiger partial charge in [0.25, 0.3) is 5.91 Å². The summed E-state index contributed by atoms with van der Waals surface area (Å²) in [5.74, 6) is 0.0716. The second-order valence-electron chi connectivity index (χ2n) is 8.80. The summed E-state index contributed by atoms with van der Waals surface area (Å²) in [6.07, 6.45) is 1.62. The van der Waals surface area contributed by atoms with Crippen LogP contribution in [0.2, 0.25) is 0 Å². The standard InChI is InChI=1S/C28H26N4O3S/c1-4-24-28(34)32(15-26(33)30-20-12-17(2)11-18(3)13-20)23-14-19(8-9-25(23)35-24)22-16-36-27(31-22)21-7-5-6-10-29-21/h5-14,16,24H,4,15H2,1-3H3,(H,30,33). The van der Waals surface area contributed by atoms with E-state index in [2.05, 4.69) is 10.3 Å². The Morgan fingerprint density at radius 1 is 1.08 bits per heavy atom. The number of benzene rings is 2. The van der Waals surface area contributed by atoms with Crippen LogP contribution < -0.4 is 15.0 Å². The summed E-state index contributed by atoms with van der Waals surface area (Å²) in [5.41, 5.74) is 5.80. The number of nitrogens with one attached hydrogen (secondary N) is 1. The van der Waals surface area contributed by atoms with Crippen molar-refractivity contribution in [1.82, 2.24) is 9.97 Å². The lowest BCUT2D eigenvalue weighted by Crippen LogP contribution is -2.48. The molecular weight excluding hydrogens is 472 g/mol. The van der Waals surface area contributed by atoms with Crippen LogP contribution in [-0.4, -0.2) is 34.4 Å². The zero-order valence-corrected chi connectivity index (χ0v) is 21.1. The minimum atomic E-state index is -0.632. The fraction of sp³-hybridized carbons (Fsp3) is 0.214. The number of carbonyl (C=O) groups excluding carboxylic acids is 2. The fourth-order valence-corrected chi connectivity index (χ4v) is 5.11. The molecule has 1 N–H and O–H groups in total. The topological polar surface area (TPSA) is 84.4 Å². The first-order chi connectivity index (χ1) is 17.4. The maximum Gasteiger partial charge on any atom is 0.268 e. The van der Waals surface area contributed by atoms with Gasteiger partial charge in [-0.25, -0.2) is 4.98 Å². The number of aromatic nitrogens is 2. The molecule has 0 bridgehead atoms. The van der Waals surface area contributed by atoms with E-state index in [1.54, 1.807) is 6.20 Å². The van der Waals surface area contributed by atoms with Crippen molar-refractivity contribution in [3.05, 3.63) is 77.3 Å². The lowest BCUT2D eigenvalue weighted by Gasteiger charge is -2.34. The second-order valence-corrected chi connectivity index (χ2v) is 9.66. The first-order valence-corrected chi connectivity index (χ1v) is 12.7. The molecule has 2 amide bonds. The molecule has 5 rings (SSSR count). The molecule has 8 heteroatoms. The third-order valence-corrected chi connectivity index (χ3v) is 6.79. The molecule has 3 heterocycles. The Balaban J connectivity index is 1.44. The summed E-state index contributed by atoms with van der Waals surface area (Å²) in [6.45, 7) is 5.74. The molecule has 4 aromatic rings. The van der Waals surface area contributed by atoms with Gasteiger partial charge in [0.2, 0.25) is 5.91 Å². The van der Waals surface area contributed by atoms with Gasteiger partial charge in [-0.15, -0.1) is 11.3 Å². The molecule has 0 saturated carbocycles. The van der Waals surface area contributed by atoms with Gasteiger partial charge in [0.05, 0.1) is 17.1 Å². The molecule has 1 unspecified atom stereocenters. The van der Waals surface area contributed by atoms with E-state index in [9.17, 15) is 9.59 Å². The van der Waals surface area contributed by atoms with Crippen molar-refractivity contribution in [3.63, 3.8) is 0 Å². The number of pyridine rings is 1. The number of carbonyl (C=O) groups is 2. The summed E-state index contributed by atoms with van der Waals surface area (Å²) in [7, 11) is 0. The predicted molar refractivity (Wildman–Crippen MR) is 142 cm³/mol. The quantitative estimate of drug-likeness (QED) is 0.372. The normalized spacial score (nSPS) is 14.8. The third-order valence-electron chi connectivity index (χ3n) is 5.92. The van der Waals surface area contributed by atoms with Crippen molar-refractivity contribution < 1.29 is 14.3 Å². The van der Waals surface area contributed by atoms with Gasteiger partial charge in [0.1, 0.15) is 17.3 Å². The van der Waals surface area contributed by atoms with Crippen LogP contribution in [0.5, 0.6) is 5.75 Å². The first-order valence-electron chi connectivity index (χ1n) is 11.8. The molecule has 7 nitrogen and oxygen atoms in total. The molecular formula is C28H26N4O3S. The average molecular weight is 499 g/mol. The number of hydrogen-bond acceptors (Lipinski definition) is 6. The van der Waals surface area contributed by atoms with E-state index in [1.165, 1.54) is 16.2 Å². The highest BCUT2D eigenvalue weighted by Gasteiger charge is 2.34. The van der Waals surface area contributed by atoms with Crippen molar-refractivity contribution >= 4 is 34.5 Å². The third kappa shape index (κ3) is 4.85. The highest BCUT2D eigenvalue weighted by atomic mass is 32.1. The molecule has 182 valence electrons. The van der Waals surface area contributed by atoms with E-state index in [0.717, 1.165) is 33.1 Å². The molecule has 0 spiro atoms. The first kappa shape index (κ1) is 23.7. The maximum absolute atomic E-state index is 13.3. The van der Waals surface area contributed by atoms with Crippen LogP contribution >= 0.6 is 11.3 Å². The Hall–Kier alpha value is -4.04. The molecule has 0 aliphatic carbocycles. The van der Waals surface area contributed by atoms with Crippen molar-refractivity contribution in [2.24, 2.45) is 0 Å². The van der Waals surface area contributed by atoms with Crippen LogP contribution in [0.25, 0.3) is 22.0 Å². The van der Waals surface area contributed by atoms with Gasteiger partial charge in [0, 0.05) is 22.8 Å². The van der Waals surface area contributed by atoms with E-state index in [0.29, 0.717) is 23.5 Å². The minimum Gasteiger partial charge on any atom is -0.478 e. The molecule has 1 aliphatic heterocycles. The van der Waals surface area contributed by atoms with Crippen LogP contribution in [0.1, 0.15) is 24.5 Å². The SMILES string of the molecule is CCC1Oc2ccc(-c3csc(-c4ccccn4)n3)cc2N(CC(=O)Nc2cc(C)cc(C)c2)C1=O. The van der Waals surface area contributed by atoms with E-state index in [-0.39, 0.29) is 18.4 Å². The number of amides is 2. The van der Waals surface area contributed by atoms with Gasteiger partial charge in [0.15, 0.2) is 6.10 Å². The van der Waals surface area contributed by atoms with Crippen LogP contribution in [0.15, 0.2) is 66.2 Å². The number of fused-ring (bicyclic) bond motifs is 1. The summed E-state index contributed by atoms with van der Waals surface area (Å²) in [5, 5.41) is 5.70.